The summed E-state index contributed by atoms with van der Waals surface area (Å²) < 4.78 is 41.6. The summed E-state index contributed by atoms with van der Waals surface area (Å²) in [6, 6.07) is 11.1. The topological polar surface area (TPSA) is 49.7 Å². The largest absolute Gasteiger partial charge is 0.417 e. The number of alkyl halides is 3. The minimum atomic E-state index is -4.54. The number of aromatic amines is 1. The fourth-order valence-electron chi connectivity index (χ4n) is 4.11. The molecule has 2 aromatic heterocycles. The predicted octanol–water partition coefficient (Wildman–Crippen LogP) is 6.04. The third-order valence-corrected chi connectivity index (χ3v) is 5.86. The molecule has 3 heterocycles. The molecule has 0 unspecified atom stereocenters. The molecule has 0 saturated carbocycles. The van der Waals surface area contributed by atoms with Crippen molar-refractivity contribution in [1.29, 1.82) is 0 Å². The Kier molecular flexibility index (Phi) is 4.78. The summed E-state index contributed by atoms with van der Waals surface area (Å²) in [5, 5.41) is 3.96. The lowest BCUT2D eigenvalue weighted by molar-refractivity contribution is -0.137. The zero-order valence-electron chi connectivity index (χ0n) is 17.0. The zero-order chi connectivity index (χ0) is 22.6. The quantitative estimate of drug-likeness (QED) is 0.382. The number of hydrogen-bond acceptors (Lipinski definition) is 3. The molecule has 1 radical (unpaired) electrons. The van der Waals surface area contributed by atoms with Crippen molar-refractivity contribution >= 4 is 28.3 Å². The lowest BCUT2D eigenvalue weighted by Gasteiger charge is -2.27. The monoisotopic (exact) mass is 456 g/mol. The number of H-pyrrole nitrogens is 1. The lowest BCUT2D eigenvalue weighted by atomic mass is 10.1. The van der Waals surface area contributed by atoms with E-state index in [0.29, 0.717) is 24.3 Å². The van der Waals surface area contributed by atoms with Crippen LogP contribution < -0.4 is 4.90 Å². The van der Waals surface area contributed by atoms with Gasteiger partial charge in [0.05, 0.1) is 39.0 Å². The first kappa shape index (κ1) is 20.6. The summed E-state index contributed by atoms with van der Waals surface area (Å²) in [5.41, 5.74) is 3.49. The van der Waals surface area contributed by atoms with Gasteiger partial charge in [0.2, 0.25) is 0 Å². The van der Waals surface area contributed by atoms with Gasteiger partial charge in [0.1, 0.15) is 5.82 Å². The Morgan fingerprint density at radius 1 is 1.28 bits per heavy atom. The first-order valence-corrected chi connectivity index (χ1v) is 10.3. The molecule has 5 rings (SSSR count). The molecular formula is C23H18ClF3N5. The maximum absolute atomic E-state index is 13.3. The molecule has 9 heteroatoms. The normalized spacial score (nSPS) is 17.0. The van der Waals surface area contributed by atoms with Gasteiger partial charge in [-0.15, -0.1) is 0 Å². The lowest BCUT2D eigenvalue weighted by Crippen LogP contribution is -2.25. The van der Waals surface area contributed by atoms with E-state index in [0.717, 1.165) is 28.6 Å². The van der Waals surface area contributed by atoms with Crippen LogP contribution in [-0.2, 0) is 6.18 Å². The first-order valence-electron chi connectivity index (χ1n) is 9.92. The van der Waals surface area contributed by atoms with E-state index >= 15 is 0 Å². The number of aromatic nitrogens is 4. The fourth-order valence-corrected chi connectivity index (χ4v) is 4.37. The van der Waals surface area contributed by atoms with Gasteiger partial charge in [0.15, 0.2) is 0 Å². The number of rotatable bonds is 3. The molecule has 1 aliphatic rings. The molecule has 32 heavy (non-hydrogen) atoms. The Morgan fingerprint density at radius 2 is 2.09 bits per heavy atom. The molecule has 163 valence electrons. The molecule has 2 aromatic carbocycles. The highest BCUT2D eigenvalue weighted by Gasteiger charge is 2.35. The average Bonchev–Trinajstić information content (AvgIpc) is 3.45. The van der Waals surface area contributed by atoms with Crippen molar-refractivity contribution in [3.8, 4) is 5.69 Å². The molecule has 4 aromatic rings. The Bertz CT molecular complexity index is 1320. The zero-order valence-corrected chi connectivity index (χ0v) is 17.8. The summed E-state index contributed by atoms with van der Waals surface area (Å²) in [5.74, 6) is 0.557. The van der Waals surface area contributed by atoms with E-state index in [1.165, 1.54) is 6.07 Å². The van der Waals surface area contributed by atoms with E-state index < -0.39 is 11.7 Å². The van der Waals surface area contributed by atoms with Crippen LogP contribution >= 0.6 is 11.6 Å². The van der Waals surface area contributed by atoms with Gasteiger partial charge in [0.25, 0.3) is 0 Å². The number of halogens is 4. The summed E-state index contributed by atoms with van der Waals surface area (Å²) in [7, 11) is 0. The molecule has 1 fully saturated rings. The van der Waals surface area contributed by atoms with Crippen LogP contribution in [0.2, 0.25) is 5.02 Å². The molecule has 0 spiro atoms. The second-order valence-corrected chi connectivity index (χ2v) is 8.34. The minimum absolute atomic E-state index is 0.229. The van der Waals surface area contributed by atoms with Crippen LogP contribution in [0.25, 0.3) is 16.7 Å². The Labute approximate surface area is 187 Å². The number of hydrogen-bond donors (Lipinski definition) is 1. The first-order chi connectivity index (χ1) is 15.2. The van der Waals surface area contributed by atoms with Crippen LogP contribution in [0.5, 0.6) is 0 Å². The van der Waals surface area contributed by atoms with Crippen molar-refractivity contribution in [3.63, 3.8) is 0 Å². The van der Waals surface area contributed by atoms with Crippen molar-refractivity contribution in [2.45, 2.75) is 25.6 Å². The van der Waals surface area contributed by atoms with Crippen LogP contribution in [0.15, 0.2) is 54.9 Å². The average molecular weight is 457 g/mol. The minimum Gasteiger partial charge on any atom is -0.355 e. The van der Waals surface area contributed by atoms with E-state index in [9.17, 15) is 13.2 Å². The van der Waals surface area contributed by atoms with E-state index in [4.69, 9.17) is 11.6 Å². The predicted molar refractivity (Wildman–Crippen MR) is 117 cm³/mol. The van der Waals surface area contributed by atoms with Crippen LogP contribution in [-0.4, -0.2) is 26.3 Å². The van der Waals surface area contributed by atoms with Gasteiger partial charge >= 0.3 is 6.18 Å². The number of aryl methyl sites for hydroxylation is 1. The molecule has 1 N–H and O–H groups in total. The molecule has 0 amide bonds. The number of fused-ring (bicyclic) bond motifs is 1. The molecule has 0 bridgehead atoms. The Balaban J connectivity index is 1.61. The van der Waals surface area contributed by atoms with Crippen molar-refractivity contribution in [2.75, 3.05) is 11.4 Å². The number of benzene rings is 2. The highest BCUT2D eigenvalue weighted by Crippen LogP contribution is 2.41. The van der Waals surface area contributed by atoms with Crippen LogP contribution in [0.4, 0.5) is 18.9 Å². The van der Waals surface area contributed by atoms with Gasteiger partial charge in [-0.2, -0.15) is 18.3 Å². The molecule has 1 atom stereocenters. The summed E-state index contributed by atoms with van der Waals surface area (Å²) >= 11 is 5.89. The summed E-state index contributed by atoms with van der Waals surface area (Å²) in [4.78, 5) is 9.79. The van der Waals surface area contributed by atoms with E-state index in [2.05, 4.69) is 32.6 Å². The maximum Gasteiger partial charge on any atom is 0.417 e. The van der Waals surface area contributed by atoms with Crippen LogP contribution in [0, 0.1) is 13.0 Å². The van der Waals surface area contributed by atoms with Crippen molar-refractivity contribution in [1.82, 2.24) is 19.7 Å². The molecule has 0 aliphatic carbocycles. The second kappa shape index (κ2) is 7.41. The van der Waals surface area contributed by atoms with E-state index in [-0.39, 0.29) is 16.6 Å². The van der Waals surface area contributed by atoms with E-state index in [1.807, 2.05) is 31.3 Å². The van der Waals surface area contributed by atoms with Gasteiger partial charge in [-0.05, 0) is 49.2 Å². The SMILES string of the molecule is C=C1C[C@@H](c2nc3cc(Cl)c(C(F)(F)F)cc3[nH]2)N(c2cc(C)c[c]c2-n2cccn2)C1. The van der Waals surface area contributed by atoms with Gasteiger partial charge in [-0.25, -0.2) is 9.67 Å². The van der Waals surface area contributed by atoms with Gasteiger partial charge in [-0.3, -0.25) is 0 Å². The van der Waals surface area contributed by atoms with Gasteiger partial charge < -0.3 is 9.88 Å². The Morgan fingerprint density at radius 3 is 2.81 bits per heavy atom. The van der Waals surface area contributed by atoms with Crippen molar-refractivity contribution < 1.29 is 13.2 Å². The number of anilines is 1. The van der Waals surface area contributed by atoms with Crippen LogP contribution in [0.1, 0.15) is 29.4 Å². The molecule has 5 nitrogen and oxygen atoms in total. The fraction of sp³-hybridized carbons (Fsp3) is 0.217. The third kappa shape index (κ3) is 3.54. The van der Waals surface area contributed by atoms with Crippen molar-refractivity contribution in [2.24, 2.45) is 0 Å². The number of imidazole rings is 1. The number of nitrogens with one attached hydrogen (secondary N) is 1. The molecule has 1 aliphatic heterocycles. The third-order valence-electron chi connectivity index (χ3n) is 5.55. The van der Waals surface area contributed by atoms with E-state index in [1.54, 1.807) is 10.9 Å². The Hall–Kier alpha value is -3.26. The summed E-state index contributed by atoms with van der Waals surface area (Å²) in [6.45, 7) is 6.72. The van der Waals surface area contributed by atoms with Gasteiger partial charge in [0, 0.05) is 25.0 Å². The van der Waals surface area contributed by atoms with Crippen molar-refractivity contribution in [3.05, 3.63) is 82.9 Å². The van der Waals surface area contributed by atoms with Gasteiger partial charge in [-0.1, -0.05) is 23.8 Å². The second-order valence-electron chi connectivity index (χ2n) is 7.93. The summed E-state index contributed by atoms with van der Waals surface area (Å²) in [6.07, 6.45) is -0.391. The highest BCUT2D eigenvalue weighted by molar-refractivity contribution is 6.32. The number of nitrogens with zero attached hydrogens (tertiary/aromatic N) is 4. The highest BCUT2D eigenvalue weighted by atomic mass is 35.5. The smallest absolute Gasteiger partial charge is 0.355 e. The van der Waals surface area contributed by atoms with Crippen LogP contribution in [0.3, 0.4) is 0 Å². The maximum atomic E-state index is 13.3. The standard InChI is InChI=1S/C23H18ClF3N5/c1-13-4-5-19(32-7-3-6-28-32)20(8-13)31-12-14(2)9-21(31)22-29-17-10-15(23(25,26)27)16(24)11-18(17)30-22/h3-4,6-8,10-11,21H,2,9,12H2,1H3,(H,29,30)/t21-/m0/s1. The molecule has 1 saturated heterocycles. The molecular weight excluding hydrogens is 439 g/mol.